The van der Waals surface area contributed by atoms with E-state index in [-0.39, 0.29) is 5.82 Å². The fourth-order valence-electron chi connectivity index (χ4n) is 1.69. The van der Waals surface area contributed by atoms with E-state index in [1.54, 1.807) is 12.4 Å². The molecule has 0 saturated carbocycles. The minimum atomic E-state index is -0.459. The van der Waals surface area contributed by atoms with Gasteiger partial charge in [-0.1, -0.05) is 6.92 Å². The Bertz CT molecular complexity index is 573. The lowest BCUT2D eigenvalue weighted by molar-refractivity contribution is 0.617. The molecule has 5 nitrogen and oxygen atoms in total. The molecule has 0 aliphatic rings. The van der Waals surface area contributed by atoms with Crippen LogP contribution in [0.2, 0.25) is 0 Å². The van der Waals surface area contributed by atoms with Gasteiger partial charge < -0.3 is 10.6 Å². The molecule has 2 N–H and O–H groups in total. The predicted octanol–water partition coefficient (Wildman–Crippen LogP) is 2.75. The smallest absolute Gasteiger partial charge is 0.224 e. The van der Waals surface area contributed by atoms with Gasteiger partial charge in [0.2, 0.25) is 5.95 Å². The van der Waals surface area contributed by atoms with E-state index in [1.807, 2.05) is 19.9 Å². The third-order valence-corrected chi connectivity index (χ3v) is 2.86. The standard InChI is InChI=1S/C14H18FN5/c1-3-5-17-14-19-9-12(15)13(20-14)18-8-11-4-6-16-7-10(11)2/h4,6-7,9H,3,5,8H2,1-2H3,(H2,17,18,19,20). The minimum absolute atomic E-state index is 0.204. The van der Waals surface area contributed by atoms with E-state index in [0.29, 0.717) is 12.5 Å². The number of pyridine rings is 1. The summed E-state index contributed by atoms with van der Waals surface area (Å²) in [5.41, 5.74) is 2.11. The second-order valence-corrected chi connectivity index (χ2v) is 4.47. The molecule has 0 unspecified atom stereocenters. The predicted molar refractivity (Wildman–Crippen MR) is 77.1 cm³/mol. The Morgan fingerprint density at radius 3 is 2.85 bits per heavy atom. The maximum atomic E-state index is 13.7. The van der Waals surface area contributed by atoms with Crippen LogP contribution in [0.5, 0.6) is 0 Å². The van der Waals surface area contributed by atoms with Crippen molar-refractivity contribution in [2.24, 2.45) is 0 Å². The van der Waals surface area contributed by atoms with Gasteiger partial charge in [-0.15, -0.1) is 0 Å². The number of hydrogen-bond acceptors (Lipinski definition) is 5. The van der Waals surface area contributed by atoms with Crippen LogP contribution in [0.4, 0.5) is 16.2 Å². The highest BCUT2D eigenvalue weighted by molar-refractivity contribution is 5.42. The average Bonchev–Trinajstić information content (AvgIpc) is 2.46. The molecule has 0 aliphatic carbocycles. The molecule has 2 aromatic heterocycles. The Balaban J connectivity index is 2.07. The average molecular weight is 275 g/mol. The van der Waals surface area contributed by atoms with Crippen LogP contribution in [-0.2, 0) is 6.54 Å². The molecule has 0 saturated heterocycles. The first kappa shape index (κ1) is 14.2. The zero-order valence-electron chi connectivity index (χ0n) is 11.7. The van der Waals surface area contributed by atoms with Gasteiger partial charge in [0, 0.05) is 25.5 Å². The molecule has 0 atom stereocenters. The second-order valence-electron chi connectivity index (χ2n) is 4.47. The molecule has 0 radical (unpaired) electrons. The third-order valence-electron chi connectivity index (χ3n) is 2.86. The van der Waals surface area contributed by atoms with Crippen LogP contribution in [0.15, 0.2) is 24.7 Å². The highest BCUT2D eigenvalue weighted by Gasteiger charge is 2.07. The summed E-state index contributed by atoms with van der Waals surface area (Å²) in [6, 6.07) is 1.90. The number of aromatic nitrogens is 3. The first-order valence-electron chi connectivity index (χ1n) is 6.60. The van der Waals surface area contributed by atoms with E-state index < -0.39 is 5.82 Å². The first-order valence-corrected chi connectivity index (χ1v) is 6.60. The molecule has 6 heteroatoms. The highest BCUT2D eigenvalue weighted by Crippen LogP contribution is 2.14. The molecule has 2 heterocycles. The summed E-state index contributed by atoms with van der Waals surface area (Å²) >= 11 is 0. The van der Waals surface area contributed by atoms with Crippen molar-refractivity contribution >= 4 is 11.8 Å². The summed E-state index contributed by atoms with van der Waals surface area (Å²) in [6.07, 6.45) is 5.63. The van der Waals surface area contributed by atoms with Gasteiger partial charge in [0.1, 0.15) is 0 Å². The fourth-order valence-corrected chi connectivity index (χ4v) is 1.69. The molecule has 0 bridgehead atoms. The molecule has 0 fully saturated rings. The molecule has 2 rings (SSSR count). The van der Waals surface area contributed by atoms with E-state index in [2.05, 4.69) is 25.6 Å². The third kappa shape index (κ3) is 3.63. The lowest BCUT2D eigenvalue weighted by Gasteiger charge is -2.10. The monoisotopic (exact) mass is 275 g/mol. The maximum Gasteiger partial charge on any atom is 0.224 e. The van der Waals surface area contributed by atoms with Crippen molar-refractivity contribution < 1.29 is 4.39 Å². The quantitative estimate of drug-likeness (QED) is 0.848. The van der Waals surface area contributed by atoms with Crippen molar-refractivity contribution in [2.45, 2.75) is 26.8 Å². The van der Waals surface area contributed by atoms with Crippen molar-refractivity contribution in [2.75, 3.05) is 17.2 Å². The Morgan fingerprint density at radius 1 is 1.25 bits per heavy atom. The summed E-state index contributed by atoms with van der Waals surface area (Å²) in [5, 5.41) is 6.03. The number of nitrogens with zero attached hydrogens (tertiary/aromatic N) is 3. The minimum Gasteiger partial charge on any atom is -0.363 e. The molecule has 20 heavy (non-hydrogen) atoms. The molecule has 0 aromatic carbocycles. The van der Waals surface area contributed by atoms with Gasteiger partial charge in [-0.3, -0.25) is 4.98 Å². The van der Waals surface area contributed by atoms with E-state index >= 15 is 0 Å². The molecular weight excluding hydrogens is 257 g/mol. The van der Waals surface area contributed by atoms with Gasteiger partial charge in [-0.2, -0.15) is 4.98 Å². The Kier molecular flexibility index (Phi) is 4.81. The van der Waals surface area contributed by atoms with Gasteiger partial charge in [0.15, 0.2) is 11.6 Å². The molecule has 2 aromatic rings. The lowest BCUT2D eigenvalue weighted by atomic mass is 10.1. The van der Waals surface area contributed by atoms with Crippen LogP contribution in [0.25, 0.3) is 0 Å². The van der Waals surface area contributed by atoms with E-state index in [0.717, 1.165) is 24.1 Å². The number of halogens is 1. The fraction of sp³-hybridized carbons (Fsp3) is 0.357. The summed E-state index contributed by atoms with van der Waals surface area (Å²) < 4.78 is 13.7. The zero-order chi connectivity index (χ0) is 14.4. The number of hydrogen-bond donors (Lipinski definition) is 2. The topological polar surface area (TPSA) is 62.7 Å². The molecule has 106 valence electrons. The number of aryl methyl sites for hydroxylation is 1. The van der Waals surface area contributed by atoms with Crippen molar-refractivity contribution in [3.63, 3.8) is 0 Å². The van der Waals surface area contributed by atoms with Crippen LogP contribution in [0.1, 0.15) is 24.5 Å². The Morgan fingerprint density at radius 2 is 2.10 bits per heavy atom. The molecule has 0 aliphatic heterocycles. The number of anilines is 2. The van der Waals surface area contributed by atoms with Gasteiger partial charge >= 0.3 is 0 Å². The molecule has 0 spiro atoms. The van der Waals surface area contributed by atoms with Gasteiger partial charge in [0.05, 0.1) is 6.20 Å². The number of rotatable bonds is 6. The first-order chi connectivity index (χ1) is 9.70. The van der Waals surface area contributed by atoms with Crippen LogP contribution < -0.4 is 10.6 Å². The van der Waals surface area contributed by atoms with Crippen LogP contribution >= 0.6 is 0 Å². The Hall–Kier alpha value is -2.24. The van der Waals surface area contributed by atoms with Crippen LogP contribution in [0, 0.1) is 12.7 Å². The summed E-state index contributed by atoms with van der Waals surface area (Å²) in [4.78, 5) is 12.1. The second kappa shape index (κ2) is 6.79. The van der Waals surface area contributed by atoms with Gasteiger partial charge in [0.25, 0.3) is 0 Å². The normalized spacial score (nSPS) is 10.3. The highest BCUT2D eigenvalue weighted by atomic mass is 19.1. The van der Waals surface area contributed by atoms with E-state index in [9.17, 15) is 4.39 Å². The van der Waals surface area contributed by atoms with Crippen molar-refractivity contribution in [1.29, 1.82) is 0 Å². The van der Waals surface area contributed by atoms with E-state index in [1.165, 1.54) is 6.20 Å². The summed E-state index contributed by atoms with van der Waals surface area (Å²) in [7, 11) is 0. The maximum absolute atomic E-state index is 13.7. The van der Waals surface area contributed by atoms with Crippen molar-refractivity contribution in [1.82, 2.24) is 15.0 Å². The van der Waals surface area contributed by atoms with Gasteiger partial charge in [-0.05, 0) is 30.5 Å². The van der Waals surface area contributed by atoms with Crippen LogP contribution in [-0.4, -0.2) is 21.5 Å². The Labute approximate surface area is 117 Å². The molecule has 0 amide bonds. The SMILES string of the molecule is CCCNc1ncc(F)c(NCc2ccncc2C)n1. The largest absolute Gasteiger partial charge is 0.363 e. The van der Waals surface area contributed by atoms with Crippen molar-refractivity contribution in [3.05, 3.63) is 41.6 Å². The van der Waals surface area contributed by atoms with E-state index in [4.69, 9.17) is 0 Å². The zero-order valence-corrected chi connectivity index (χ0v) is 11.7. The van der Waals surface area contributed by atoms with Gasteiger partial charge in [-0.25, -0.2) is 9.37 Å². The lowest BCUT2D eigenvalue weighted by Crippen LogP contribution is -2.09. The molecular formula is C14H18FN5. The summed E-state index contributed by atoms with van der Waals surface area (Å²) in [5.74, 6) is 0.177. The number of nitrogens with one attached hydrogen (secondary N) is 2. The van der Waals surface area contributed by atoms with Crippen LogP contribution in [0.3, 0.4) is 0 Å². The van der Waals surface area contributed by atoms with Crippen molar-refractivity contribution in [3.8, 4) is 0 Å². The summed E-state index contributed by atoms with van der Waals surface area (Å²) in [6.45, 7) is 5.26.